The lowest BCUT2D eigenvalue weighted by Crippen LogP contribution is -2.30. The van der Waals surface area contributed by atoms with E-state index >= 15 is 0 Å². The molecule has 2 amide bonds. The number of hydrogen-bond acceptors (Lipinski definition) is 6. The van der Waals surface area contributed by atoms with Crippen molar-refractivity contribution in [3.8, 4) is 11.3 Å². The van der Waals surface area contributed by atoms with Gasteiger partial charge in [0.05, 0.1) is 39.3 Å². The van der Waals surface area contributed by atoms with Gasteiger partial charge in [-0.05, 0) is 89.8 Å². The van der Waals surface area contributed by atoms with Crippen LogP contribution in [0.15, 0.2) is 65.1 Å². The van der Waals surface area contributed by atoms with Gasteiger partial charge in [0.15, 0.2) is 12.4 Å². The van der Waals surface area contributed by atoms with E-state index < -0.39 is 12.6 Å². The molecule has 1 aromatic heterocycles. The third kappa shape index (κ3) is 5.48. The maximum Gasteiger partial charge on any atom is 0.339 e. The third-order valence-corrected chi connectivity index (χ3v) is 9.80. The first-order valence-corrected chi connectivity index (χ1v) is 15.4. The summed E-state index contributed by atoms with van der Waals surface area (Å²) in [6, 6.07) is 16.6. The van der Waals surface area contributed by atoms with Gasteiger partial charge in [0.25, 0.3) is 0 Å². The highest BCUT2D eigenvalue weighted by Crippen LogP contribution is 2.41. The Morgan fingerprint density at radius 1 is 0.953 bits per heavy atom. The summed E-state index contributed by atoms with van der Waals surface area (Å²) in [7, 11) is 0. The predicted molar refractivity (Wildman–Crippen MR) is 169 cm³/mol. The number of benzene rings is 3. The number of aryl methyl sites for hydroxylation is 1. The highest BCUT2D eigenvalue weighted by molar-refractivity contribution is 9.10. The number of pyridine rings is 1. The van der Waals surface area contributed by atoms with Gasteiger partial charge in [-0.2, -0.15) is 0 Å². The number of halogens is 3. The number of carbonyl (C=O) groups excluding carboxylic acids is 4. The van der Waals surface area contributed by atoms with Crippen LogP contribution in [-0.2, 0) is 14.3 Å². The Morgan fingerprint density at radius 3 is 2.21 bits per heavy atom. The number of fused-ring (bicyclic) bond motifs is 2. The molecule has 0 spiro atoms. The van der Waals surface area contributed by atoms with Gasteiger partial charge in [0.1, 0.15) is 0 Å². The van der Waals surface area contributed by atoms with Gasteiger partial charge in [-0.3, -0.25) is 19.3 Å². The fourth-order valence-electron chi connectivity index (χ4n) is 5.90. The summed E-state index contributed by atoms with van der Waals surface area (Å²) in [5.74, 6) is -1.83. The van der Waals surface area contributed by atoms with Crippen molar-refractivity contribution >= 4 is 79.3 Å². The molecule has 4 aromatic rings. The van der Waals surface area contributed by atoms with E-state index in [-0.39, 0.29) is 35.0 Å². The van der Waals surface area contributed by atoms with E-state index in [1.54, 1.807) is 67.6 Å². The number of nitrogens with zero attached hydrogens (tertiary/aromatic N) is 2. The highest BCUT2D eigenvalue weighted by Gasteiger charge is 2.48. The van der Waals surface area contributed by atoms with E-state index in [1.165, 1.54) is 4.90 Å². The standard InChI is InChI=1S/C33H25BrCl2N2O5/c1-17-29(36)26(34)14-24-25(33(42)43-16-28(39)19-6-10-20(35)11-7-19)15-27(37-30(17)24)18-8-12-21(13-9-18)38-31(40)22-4-2-3-5-23(22)32(38)41/h6-15,22-23H,2-5,16H2,1H3. The molecule has 10 heteroatoms. The Morgan fingerprint density at radius 2 is 1.58 bits per heavy atom. The maximum absolute atomic E-state index is 13.4. The lowest BCUT2D eigenvalue weighted by atomic mass is 9.81. The first-order valence-electron chi connectivity index (χ1n) is 13.9. The molecule has 2 fully saturated rings. The fourth-order valence-corrected chi connectivity index (χ4v) is 6.70. The van der Waals surface area contributed by atoms with Crippen molar-refractivity contribution in [3.05, 3.63) is 91.9 Å². The van der Waals surface area contributed by atoms with Crippen LogP contribution >= 0.6 is 39.1 Å². The maximum atomic E-state index is 13.4. The van der Waals surface area contributed by atoms with E-state index in [0.29, 0.717) is 53.5 Å². The number of carbonyl (C=O) groups is 4. The number of ether oxygens (including phenoxy) is 1. The summed E-state index contributed by atoms with van der Waals surface area (Å²) >= 11 is 15.9. The molecule has 218 valence electrons. The first kappa shape index (κ1) is 29.5. The quantitative estimate of drug-likeness (QED) is 0.116. The molecule has 7 nitrogen and oxygen atoms in total. The van der Waals surface area contributed by atoms with E-state index in [9.17, 15) is 19.2 Å². The molecule has 2 aliphatic rings. The van der Waals surface area contributed by atoms with E-state index in [1.807, 2.05) is 0 Å². The predicted octanol–water partition coefficient (Wildman–Crippen LogP) is 8.00. The van der Waals surface area contributed by atoms with Crippen molar-refractivity contribution in [2.75, 3.05) is 11.5 Å². The molecule has 1 aliphatic heterocycles. The van der Waals surface area contributed by atoms with Crippen molar-refractivity contribution in [2.45, 2.75) is 32.6 Å². The Balaban J connectivity index is 1.33. The largest absolute Gasteiger partial charge is 0.454 e. The minimum Gasteiger partial charge on any atom is -0.454 e. The molecule has 0 bridgehead atoms. The number of amides is 2. The van der Waals surface area contributed by atoms with Gasteiger partial charge >= 0.3 is 5.97 Å². The smallest absolute Gasteiger partial charge is 0.339 e. The molecule has 1 saturated heterocycles. The Bertz CT molecular complexity index is 1780. The number of Topliss-reactive ketones (excluding diaryl/α,β-unsaturated/α-hetero) is 1. The molecule has 3 aromatic carbocycles. The van der Waals surface area contributed by atoms with Gasteiger partial charge in [0.2, 0.25) is 11.8 Å². The van der Waals surface area contributed by atoms with Crippen LogP contribution in [0.3, 0.4) is 0 Å². The van der Waals surface area contributed by atoms with Crippen LogP contribution in [0.5, 0.6) is 0 Å². The van der Waals surface area contributed by atoms with Crippen LogP contribution in [0.25, 0.3) is 22.2 Å². The molecule has 2 heterocycles. The number of hydrogen-bond donors (Lipinski definition) is 0. The summed E-state index contributed by atoms with van der Waals surface area (Å²) in [4.78, 5) is 58.3. The topological polar surface area (TPSA) is 93.6 Å². The lowest BCUT2D eigenvalue weighted by molar-refractivity contribution is -0.122. The molecular weight excluding hydrogens is 655 g/mol. The first-order chi connectivity index (χ1) is 20.6. The molecule has 1 saturated carbocycles. The lowest BCUT2D eigenvalue weighted by Gasteiger charge is -2.19. The van der Waals surface area contributed by atoms with Gasteiger partial charge in [-0.25, -0.2) is 9.78 Å². The van der Waals surface area contributed by atoms with Gasteiger partial charge < -0.3 is 4.74 Å². The molecule has 0 N–H and O–H groups in total. The summed E-state index contributed by atoms with van der Waals surface area (Å²) in [6.07, 6.45) is 3.40. The molecule has 6 rings (SSSR count). The summed E-state index contributed by atoms with van der Waals surface area (Å²) in [5, 5.41) is 1.46. The average molecular weight is 680 g/mol. The number of ketones is 1. The number of rotatable bonds is 6. The summed E-state index contributed by atoms with van der Waals surface area (Å²) < 4.78 is 6.05. The Kier molecular flexibility index (Phi) is 8.11. The number of esters is 1. The summed E-state index contributed by atoms with van der Waals surface area (Å²) in [5.41, 5.74) is 3.37. The van der Waals surface area contributed by atoms with Crippen molar-refractivity contribution in [2.24, 2.45) is 11.8 Å². The highest BCUT2D eigenvalue weighted by atomic mass is 79.9. The zero-order valence-corrected chi connectivity index (χ0v) is 26.1. The number of anilines is 1. The van der Waals surface area contributed by atoms with Crippen molar-refractivity contribution in [1.82, 2.24) is 4.98 Å². The second-order valence-electron chi connectivity index (χ2n) is 10.8. The zero-order valence-electron chi connectivity index (χ0n) is 23.0. The molecular formula is C33H25BrCl2N2O5. The van der Waals surface area contributed by atoms with Gasteiger partial charge in [-0.15, -0.1) is 0 Å². The Hall–Kier alpha value is -3.59. The monoisotopic (exact) mass is 678 g/mol. The number of imide groups is 1. The van der Waals surface area contributed by atoms with Crippen LogP contribution in [0.1, 0.15) is 52.0 Å². The van der Waals surface area contributed by atoms with Crippen LogP contribution in [0, 0.1) is 18.8 Å². The molecule has 2 unspecified atom stereocenters. The van der Waals surface area contributed by atoms with Crippen molar-refractivity contribution in [3.63, 3.8) is 0 Å². The van der Waals surface area contributed by atoms with Crippen LogP contribution in [0.2, 0.25) is 10.0 Å². The van der Waals surface area contributed by atoms with Gasteiger partial charge in [0, 0.05) is 26.0 Å². The van der Waals surface area contributed by atoms with Crippen LogP contribution in [0.4, 0.5) is 5.69 Å². The third-order valence-electron chi connectivity index (χ3n) is 8.21. The van der Waals surface area contributed by atoms with Crippen LogP contribution < -0.4 is 4.90 Å². The minimum absolute atomic E-state index is 0.139. The van der Waals surface area contributed by atoms with E-state index in [0.717, 1.165) is 25.7 Å². The Labute approximate surface area is 266 Å². The minimum atomic E-state index is -0.697. The van der Waals surface area contributed by atoms with Gasteiger partial charge in [-0.1, -0.05) is 48.2 Å². The van der Waals surface area contributed by atoms with Crippen molar-refractivity contribution < 1.29 is 23.9 Å². The summed E-state index contributed by atoms with van der Waals surface area (Å²) in [6.45, 7) is 1.35. The molecule has 43 heavy (non-hydrogen) atoms. The SMILES string of the molecule is Cc1c(Cl)c(Br)cc2c(C(=O)OCC(=O)c3ccc(Cl)cc3)cc(-c3ccc(N4C(=O)C5CCCCC5C4=O)cc3)nc12. The number of aromatic nitrogens is 1. The van der Waals surface area contributed by atoms with Crippen molar-refractivity contribution in [1.29, 1.82) is 0 Å². The fraction of sp³-hybridized carbons (Fsp3) is 0.242. The molecule has 0 radical (unpaired) electrons. The molecule has 2 atom stereocenters. The second-order valence-corrected chi connectivity index (χ2v) is 12.5. The zero-order chi connectivity index (χ0) is 30.4. The average Bonchev–Trinajstić information content (AvgIpc) is 3.28. The van der Waals surface area contributed by atoms with E-state index in [2.05, 4.69) is 15.9 Å². The van der Waals surface area contributed by atoms with Crippen LogP contribution in [-0.4, -0.2) is 35.2 Å². The second kappa shape index (κ2) is 11.8. The van der Waals surface area contributed by atoms with E-state index in [4.69, 9.17) is 32.9 Å². The molecule has 1 aliphatic carbocycles. The normalized spacial score (nSPS) is 18.2.